The van der Waals surface area contributed by atoms with Crippen molar-refractivity contribution < 1.29 is 0 Å². The van der Waals surface area contributed by atoms with Gasteiger partial charge in [-0.25, -0.2) is 0 Å². The van der Waals surface area contributed by atoms with Crippen LogP contribution in [0.2, 0.25) is 0 Å². The summed E-state index contributed by atoms with van der Waals surface area (Å²) in [5.41, 5.74) is 8.68. The maximum absolute atomic E-state index is 6.20. The quantitative estimate of drug-likeness (QED) is 0.719. The SMILES string of the molecule is CCCCN(CCCC)c1c(CC(N)CC)c(C)nn1C. The van der Waals surface area contributed by atoms with Crippen molar-refractivity contribution >= 4 is 5.82 Å². The van der Waals surface area contributed by atoms with E-state index in [0.717, 1.165) is 31.6 Å². The highest BCUT2D eigenvalue weighted by molar-refractivity contribution is 5.50. The molecule has 0 fully saturated rings. The van der Waals surface area contributed by atoms with Gasteiger partial charge in [0.2, 0.25) is 0 Å². The summed E-state index contributed by atoms with van der Waals surface area (Å²) in [6.45, 7) is 11.0. The van der Waals surface area contributed by atoms with E-state index in [1.807, 2.05) is 0 Å². The molecule has 1 aromatic rings. The summed E-state index contributed by atoms with van der Waals surface area (Å²) in [5, 5.41) is 4.65. The molecule has 1 heterocycles. The second-order valence-corrected chi connectivity index (χ2v) is 6.08. The monoisotopic (exact) mass is 294 g/mol. The molecule has 0 radical (unpaired) electrons. The molecule has 1 atom stereocenters. The smallest absolute Gasteiger partial charge is 0.130 e. The van der Waals surface area contributed by atoms with Crippen LogP contribution in [0.3, 0.4) is 0 Å². The Morgan fingerprint density at radius 3 is 2.19 bits per heavy atom. The molecular weight excluding hydrogens is 260 g/mol. The van der Waals surface area contributed by atoms with E-state index in [-0.39, 0.29) is 6.04 Å². The Bertz CT molecular complexity index is 403. The molecule has 21 heavy (non-hydrogen) atoms. The molecule has 4 heteroatoms. The van der Waals surface area contributed by atoms with Gasteiger partial charge in [0, 0.05) is 31.7 Å². The highest BCUT2D eigenvalue weighted by atomic mass is 15.4. The first-order valence-electron chi connectivity index (χ1n) is 8.58. The molecular formula is C17H34N4. The second-order valence-electron chi connectivity index (χ2n) is 6.08. The summed E-state index contributed by atoms with van der Waals surface area (Å²) >= 11 is 0. The van der Waals surface area contributed by atoms with Gasteiger partial charge in [-0.3, -0.25) is 4.68 Å². The molecule has 0 aliphatic rings. The van der Waals surface area contributed by atoms with Crippen molar-refractivity contribution in [2.24, 2.45) is 12.8 Å². The van der Waals surface area contributed by atoms with Gasteiger partial charge in [-0.15, -0.1) is 0 Å². The lowest BCUT2D eigenvalue weighted by Crippen LogP contribution is -2.30. The predicted molar refractivity (Wildman–Crippen MR) is 91.9 cm³/mol. The summed E-state index contributed by atoms with van der Waals surface area (Å²) in [5.74, 6) is 1.29. The van der Waals surface area contributed by atoms with Crippen molar-refractivity contribution in [1.29, 1.82) is 0 Å². The molecule has 1 rings (SSSR count). The molecule has 0 bridgehead atoms. The van der Waals surface area contributed by atoms with Crippen LogP contribution in [-0.2, 0) is 13.5 Å². The third kappa shape index (κ3) is 5.03. The average molecular weight is 294 g/mol. The van der Waals surface area contributed by atoms with E-state index in [9.17, 15) is 0 Å². The van der Waals surface area contributed by atoms with Crippen LogP contribution in [0.15, 0.2) is 0 Å². The third-order valence-corrected chi connectivity index (χ3v) is 4.17. The minimum atomic E-state index is 0.228. The fourth-order valence-electron chi connectivity index (χ4n) is 2.75. The number of nitrogens with two attached hydrogens (primary N) is 1. The number of nitrogens with zero attached hydrogens (tertiary/aromatic N) is 3. The van der Waals surface area contributed by atoms with Gasteiger partial charge in [-0.05, 0) is 32.6 Å². The van der Waals surface area contributed by atoms with Gasteiger partial charge in [0.15, 0.2) is 0 Å². The Balaban J connectivity index is 3.03. The molecule has 0 aliphatic heterocycles. The summed E-state index contributed by atoms with van der Waals surface area (Å²) in [6.07, 6.45) is 6.85. The molecule has 4 nitrogen and oxygen atoms in total. The topological polar surface area (TPSA) is 47.1 Å². The van der Waals surface area contributed by atoms with E-state index in [2.05, 4.69) is 49.4 Å². The van der Waals surface area contributed by atoms with E-state index < -0.39 is 0 Å². The zero-order valence-electron chi connectivity index (χ0n) is 14.7. The van der Waals surface area contributed by atoms with Gasteiger partial charge in [-0.2, -0.15) is 5.10 Å². The first-order chi connectivity index (χ1) is 10.0. The molecule has 0 aromatic carbocycles. The third-order valence-electron chi connectivity index (χ3n) is 4.17. The van der Waals surface area contributed by atoms with Crippen LogP contribution >= 0.6 is 0 Å². The number of hydrogen-bond donors (Lipinski definition) is 1. The molecule has 0 saturated carbocycles. The Morgan fingerprint density at radius 1 is 1.14 bits per heavy atom. The van der Waals surface area contributed by atoms with E-state index in [4.69, 9.17) is 5.73 Å². The highest BCUT2D eigenvalue weighted by Gasteiger charge is 2.20. The standard InChI is InChI=1S/C17H34N4/c1-6-9-11-21(12-10-7-2)17-16(13-15(18)8-3)14(4)19-20(17)5/h15H,6-13,18H2,1-5H3. The largest absolute Gasteiger partial charge is 0.357 e. The predicted octanol–water partition coefficient (Wildman–Crippen LogP) is 3.41. The number of rotatable bonds is 10. The van der Waals surface area contributed by atoms with Gasteiger partial charge < -0.3 is 10.6 Å². The number of unbranched alkanes of at least 4 members (excludes halogenated alkanes) is 2. The van der Waals surface area contributed by atoms with Gasteiger partial charge in [0.1, 0.15) is 5.82 Å². The van der Waals surface area contributed by atoms with Crippen molar-refractivity contribution in [3.05, 3.63) is 11.3 Å². The number of aromatic nitrogens is 2. The van der Waals surface area contributed by atoms with E-state index >= 15 is 0 Å². The van der Waals surface area contributed by atoms with E-state index in [1.165, 1.54) is 37.1 Å². The maximum Gasteiger partial charge on any atom is 0.130 e. The lowest BCUT2D eigenvalue weighted by Gasteiger charge is -2.26. The van der Waals surface area contributed by atoms with Gasteiger partial charge in [0.25, 0.3) is 0 Å². The molecule has 0 saturated heterocycles. The minimum Gasteiger partial charge on any atom is -0.357 e. The number of aryl methyl sites for hydroxylation is 2. The average Bonchev–Trinajstić information content (AvgIpc) is 2.74. The Morgan fingerprint density at radius 2 is 1.71 bits per heavy atom. The second kappa shape index (κ2) is 9.08. The normalized spacial score (nSPS) is 12.7. The molecule has 0 aliphatic carbocycles. The highest BCUT2D eigenvalue weighted by Crippen LogP contribution is 2.25. The first kappa shape index (κ1) is 18.0. The van der Waals surface area contributed by atoms with Crippen LogP contribution < -0.4 is 10.6 Å². The van der Waals surface area contributed by atoms with Crippen LogP contribution in [0.4, 0.5) is 5.82 Å². The molecule has 1 aromatic heterocycles. The lowest BCUT2D eigenvalue weighted by atomic mass is 10.0. The Hall–Kier alpha value is -1.03. The Labute approximate surface area is 130 Å². The van der Waals surface area contributed by atoms with Crippen molar-refractivity contribution in [2.45, 2.75) is 72.3 Å². The van der Waals surface area contributed by atoms with Crippen LogP contribution in [-0.4, -0.2) is 28.9 Å². The van der Waals surface area contributed by atoms with Gasteiger partial charge >= 0.3 is 0 Å². The van der Waals surface area contributed by atoms with Gasteiger partial charge in [-0.1, -0.05) is 33.6 Å². The van der Waals surface area contributed by atoms with Crippen molar-refractivity contribution in [2.75, 3.05) is 18.0 Å². The lowest BCUT2D eigenvalue weighted by molar-refractivity contribution is 0.625. The molecule has 0 spiro atoms. The minimum absolute atomic E-state index is 0.228. The van der Waals surface area contributed by atoms with Crippen LogP contribution in [0.25, 0.3) is 0 Å². The van der Waals surface area contributed by atoms with Crippen molar-refractivity contribution in [1.82, 2.24) is 9.78 Å². The van der Waals surface area contributed by atoms with E-state index in [0.29, 0.717) is 0 Å². The molecule has 1 unspecified atom stereocenters. The van der Waals surface area contributed by atoms with Crippen molar-refractivity contribution in [3.8, 4) is 0 Å². The Kier molecular flexibility index (Phi) is 7.79. The van der Waals surface area contributed by atoms with Crippen molar-refractivity contribution in [3.63, 3.8) is 0 Å². The number of anilines is 1. The fourth-order valence-corrected chi connectivity index (χ4v) is 2.75. The van der Waals surface area contributed by atoms with Crippen LogP contribution in [0, 0.1) is 6.92 Å². The number of hydrogen-bond acceptors (Lipinski definition) is 3. The molecule has 2 N–H and O–H groups in total. The van der Waals surface area contributed by atoms with Crippen LogP contribution in [0.1, 0.15) is 64.1 Å². The van der Waals surface area contributed by atoms with Crippen LogP contribution in [0.5, 0.6) is 0 Å². The molecule has 122 valence electrons. The van der Waals surface area contributed by atoms with Gasteiger partial charge in [0.05, 0.1) is 5.69 Å². The summed E-state index contributed by atoms with van der Waals surface area (Å²) in [7, 11) is 2.06. The van der Waals surface area contributed by atoms with E-state index in [1.54, 1.807) is 0 Å². The fraction of sp³-hybridized carbons (Fsp3) is 0.824. The molecule has 0 amide bonds. The maximum atomic E-state index is 6.20. The zero-order valence-corrected chi connectivity index (χ0v) is 14.7. The first-order valence-corrected chi connectivity index (χ1v) is 8.58. The summed E-state index contributed by atoms with van der Waals surface area (Å²) < 4.78 is 2.05. The zero-order chi connectivity index (χ0) is 15.8. The summed E-state index contributed by atoms with van der Waals surface area (Å²) in [4.78, 5) is 2.52. The summed E-state index contributed by atoms with van der Waals surface area (Å²) in [6, 6.07) is 0.228.